The molecule has 0 aliphatic carbocycles. The normalized spacial score (nSPS) is 11.6. The van der Waals surface area contributed by atoms with Crippen molar-refractivity contribution < 1.29 is 95.3 Å². The van der Waals surface area contributed by atoms with Gasteiger partial charge in [-0.15, -0.1) is 0 Å². The van der Waals surface area contributed by atoms with Gasteiger partial charge in [-0.25, -0.2) is 16.8 Å². The molecule has 226 valence electrons. The first-order valence-electron chi connectivity index (χ1n) is 12.6. The van der Waals surface area contributed by atoms with Crippen molar-refractivity contribution in [3.05, 3.63) is 90.0 Å². The van der Waals surface area contributed by atoms with Crippen LogP contribution in [0.2, 0.25) is 0 Å². The summed E-state index contributed by atoms with van der Waals surface area (Å²) in [5.74, 6) is -0.145. The molecule has 0 spiro atoms. The summed E-state index contributed by atoms with van der Waals surface area (Å²) >= 11 is 0. The molecule has 0 bridgehead atoms. The van der Waals surface area contributed by atoms with E-state index in [0.717, 1.165) is 12.1 Å². The van der Waals surface area contributed by atoms with Crippen LogP contribution in [0.25, 0.3) is 11.8 Å². The number of hydrogen-bond donors (Lipinski definition) is 4. The Morgan fingerprint density at radius 2 is 1.27 bits per heavy atom. The van der Waals surface area contributed by atoms with Crippen LogP contribution in [0.5, 0.6) is 0 Å². The molecule has 3 aromatic carbocycles. The number of nitrogens with zero attached hydrogens (tertiary/aromatic N) is 4. The molecule has 0 radical (unpaired) electrons. The molecule has 0 aliphatic rings. The topological polar surface area (TPSA) is 221 Å². The number of hydrogen-bond acceptors (Lipinski definition) is 14. The average Bonchev–Trinajstić information content (AvgIpc) is 2.96. The van der Waals surface area contributed by atoms with Gasteiger partial charge in [0.1, 0.15) is 20.2 Å². The van der Waals surface area contributed by atoms with Crippen molar-refractivity contribution in [2.24, 2.45) is 0 Å². The zero-order valence-corrected chi connectivity index (χ0v) is 30.0. The SMILES string of the molecule is O=S(=O)([O-])c1ccccc1C=C(Nc1nc(Nc2ccccc2)nc(N(CCO)CCO)n1)c1ccccc1S(=O)(=O)[O-].[Na+].[Na+]. The number of nitrogens with one attached hydrogen (secondary N) is 2. The minimum absolute atomic E-state index is 0. The van der Waals surface area contributed by atoms with Crippen LogP contribution in [-0.2, 0) is 20.2 Å². The molecule has 45 heavy (non-hydrogen) atoms. The fourth-order valence-electron chi connectivity index (χ4n) is 4.01. The Kier molecular flexibility index (Phi) is 15.0. The number of para-hydroxylation sites is 1. The molecule has 0 aliphatic heterocycles. The molecule has 4 N–H and O–H groups in total. The number of aliphatic hydroxyl groups excluding tert-OH is 2. The zero-order valence-electron chi connectivity index (χ0n) is 24.4. The van der Waals surface area contributed by atoms with Crippen LogP contribution in [0.4, 0.5) is 23.5 Å². The first kappa shape index (κ1) is 38.7. The minimum Gasteiger partial charge on any atom is -0.744 e. The van der Waals surface area contributed by atoms with Gasteiger partial charge in [0, 0.05) is 24.3 Å². The Hall–Kier alpha value is -2.45. The molecule has 0 atom stereocenters. The van der Waals surface area contributed by atoms with Gasteiger partial charge >= 0.3 is 59.1 Å². The molecule has 0 saturated carbocycles. The van der Waals surface area contributed by atoms with Crippen LogP contribution in [-0.4, -0.2) is 77.4 Å². The predicted octanol–water partition coefficient (Wildman–Crippen LogP) is -4.17. The third-order valence-corrected chi connectivity index (χ3v) is 7.66. The van der Waals surface area contributed by atoms with Gasteiger partial charge in [0.05, 0.1) is 28.7 Å². The molecule has 0 unspecified atom stereocenters. The Morgan fingerprint density at radius 1 is 0.733 bits per heavy atom. The summed E-state index contributed by atoms with van der Waals surface area (Å²) in [6.07, 6.45) is 1.18. The van der Waals surface area contributed by atoms with Crippen molar-refractivity contribution in [3.63, 3.8) is 0 Å². The average molecular weight is 673 g/mol. The quantitative estimate of drug-likeness (QED) is 0.0602. The van der Waals surface area contributed by atoms with Crippen molar-refractivity contribution in [2.75, 3.05) is 41.8 Å². The molecule has 4 rings (SSSR count). The number of aromatic nitrogens is 3. The van der Waals surface area contributed by atoms with E-state index in [9.17, 15) is 36.2 Å². The van der Waals surface area contributed by atoms with E-state index in [1.807, 2.05) is 0 Å². The molecule has 1 heterocycles. The second-order valence-electron chi connectivity index (χ2n) is 8.83. The molecule has 0 saturated heterocycles. The van der Waals surface area contributed by atoms with Gasteiger partial charge < -0.3 is 34.9 Å². The van der Waals surface area contributed by atoms with Crippen molar-refractivity contribution in [3.8, 4) is 0 Å². The van der Waals surface area contributed by atoms with E-state index >= 15 is 0 Å². The molecular formula is C27H26N6Na2O8S2. The Morgan fingerprint density at radius 3 is 1.87 bits per heavy atom. The van der Waals surface area contributed by atoms with Gasteiger partial charge in [0.2, 0.25) is 17.8 Å². The fraction of sp³-hybridized carbons (Fsp3) is 0.148. The second-order valence-corrected chi connectivity index (χ2v) is 11.5. The molecule has 4 aromatic rings. The van der Waals surface area contributed by atoms with Crippen LogP contribution in [0.1, 0.15) is 11.1 Å². The van der Waals surface area contributed by atoms with Crippen LogP contribution in [0.15, 0.2) is 88.7 Å². The van der Waals surface area contributed by atoms with Gasteiger partial charge in [0.25, 0.3) is 0 Å². The van der Waals surface area contributed by atoms with Gasteiger partial charge in [0.15, 0.2) is 0 Å². The van der Waals surface area contributed by atoms with E-state index in [0.29, 0.717) is 5.69 Å². The van der Waals surface area contributed by atoms with Crippen molar-refractivity contribution in [1.82, 2.24) is 15.0 Å². The Labute approximate surface area is 304 Å². The summed E-state index contributed by atoms with van der Waals surface area (Å²) in [7, 11) is -9.98. The van der Waals surface area contributed by atoms with E-state index in [1.54, 1.807) is 30.3 Å². The largest absolute Gasteiger partial charge is 1.00 e. The van der Waals surface area contributed by atoms with E-state index in [-0.39, 0.29) is 120 Å². The van der Waals surface area contributed by atoms with E-state index in [4.69, 9.17) is 0 Å². The maximum atomic E-state index is 12.2. The zero-order chi connectivity index (χ0) is 31.0. The third-order valence-electron chi connectivity index (χ3n) is 5.86. The molecule has 18 heteroatoms. The number of benzene rings is 3. The minimum atomic E-state index is -5.03. The number of aliphatic hydroxyl groups is 2. The van der Waals surface area contributed by atoms with Crippen LogP contribution in [0, 0.1) is 0 Å². The predicted molar refractivity (Wildman–Crippen MR) is 156 cm³/mol. The fourth-order valence-corrected chi connectivity index (χ4v) is 5.37. The maximum absolute atomic E-state index is 12.2. The molecule has 0 amide bonds. The van der Waals surface area contributed by atoms with Crippen molar-refractivity contribution in [1.29, 1.82) is 0 Å². The summed E-state index contributed by atoms with van der Waals surface area (Å²) in [5, 5.41) is 25.0. The van der Waals surface area contributed by atoms with Gasteiger partial charge in [-0.3, -0.25) is 0 Å². The molecule has 0 fully saturated rings. The summed E-state index contributed by atoms with van der Waals surface area (Å²) in [6, 6.07) is 19.3. The first-order valence-corrected chi connectivity index (χ1v) is 15.4. The summed E-state index contributed by atoms with van der Waals surface area (Å²) < 4.78 is 72.5. The monoisotopic (exact) mass is 672 g/mol. The van der Waals surface area contributed by atoms with Gasteiger partial charge in [-0.2, -0.15) is 15.0 Å². The van der Waals surface area contributed by atoms with Crippen LogP contribution >= 0.6 is 0 Å². The second kappa shape index (κ2) is 17.5. The van der Waals surface area contributed by atoms with Crippen molar-refractivity contribution in [2.45, 2.75) is 9.79 Å². The molecular weight excluding hydrogens is 646 g/mol. The Balaban J connectivity index is 0.00000353. The third kappa shape index (κ3) is 10.8. The summed E-state index contributed by atoms with van der Waals surface area (Å²) in [5.41, 5.74) is 0.217. The summed E-state index contributed by atoms with van der Waals surface area (Å²) in [6.45, 7) is -0.501. The van der Waals surface area contributed by atoms with Gasteiger partial charge in [-0.1, -0.05) is 54.6 Å². The molecule has 14 nitrogen and oxygen atoms in total. The van der Waals surface area contributed by atoms with Crippen LogP contribution in [0.3, 0.4) is 0 Å². The summed E-state index contributed by atoms with van der Waals surface area (Å²) in [4.78, 5) is 13.4. The first-order chi connectivity index (χ1) is 20.5. The van der Waals surface area contributed by atoms with E-state index in [1.165, 1.54) is 47.4 Å². The number of anilines is 4. The van der Waals surface area contributed by atoms with E-state index < -0.39 is 30.0 Å². The maximum Gasteiger partial charge on any atom is 1.00 e. The van der Waals surface area contributed by atoms with Gasteiger partial charge in [-0.05, 0) is 35.9 Å². The van der Waals surface area contributed by atoms with Crippen molar-refractivity contribution >= 4 is 55.5 Å². The standard InChI is InChI=1S/C27H28N6O8S2.2Na/c34-16-14-33(15-17-35)27-31-25(28-20-9-2-1-3-10-20)30-26(32-27)29-22(21-11-5-7-13-24(21)43(39,40)41)18-19-8-4-6-12-23(19)42(36,37)38;;/h1-13,18,34-35H,14-17H2,(H,36,37,38)(H,39,40,41)(H2,28,29,30,31,32);;/q;2*+1/p-2. The van der Waals surface area contributed by atoms with Crippen LogP contribution < -0.4 is 74.6 Å². The smallest absolute Gasteiger partial charge is 0.744 e. The Bertz CT molecular complexity index is 1830. The molecule has 1 aromatic heterocycles. The van der Waals surface area contributed by atoms with E-state index in [2.05, 4.69) is 25.6 Å². The number of rotatable bonds is 13.